The molecule has 1 aliphatic rings. The average molecular weight is 388 g/mol. The van der Waals surface area contributed by atoms with Crippen LogP contribution in [-0.4, -0.2) is 17.1 Å². The molecule has 1 N–H and O–H groups in total. The predicted molar refractivity (Wildman–Crippen MR) is 106 cm³/mol. The summed E-state index contributed by atoms with van der Waals surface area (Å²) >= 11 is 0. The number of rotatable bonds is 2. The lowest BCUT2D eigenvalue weighted by atomic mass is 9.84. The van der Waals surface area contributed by atoms with Crippen molar-refractivity contribution >= 4 is 11.0 Å². The van der Waals surface area contributed by atoms with E-state index >= 15 is 0 Å². The molecule has 3 heterocycles. The van der Waals surface area contributed by atoms with E-state index in [1.54, 1.807) is 44.4 Å². The second-order valence-corrected chi connectivity index (χ2v) is 6.81. The Bertz CT molecular complexity index is 1390. The molecule has 0 bridgehead atoms. The van der Waals surface area contributed by atoms with Crippen molar-refractivity contribution in [2.24, 2.45) is 0 Å². The minimum Gasteiger partial charge on any atom is -0.497 e. The molecule has 4 aromatic rings. The SMILES string of the molecule is COc1cccc(C2c3c(nc(C)[nH]c3=O)Oc3c2c(=O)oc2ccccc32)c1. The van der Waals surface area contributed by atoms with Gasteiger partial charge in [-0.3, -0.25) is 4.79 Å². The van der Waals surface area contributed by atoms with Gasteiger partial charge in [-0.15, -0.1) is 0 Å². The van der Waals surface area contributed by atoms with Gasteiger partial charge < -0.3 is 18.9 Å². The van der Waals surface area contributed by atoms with Gasteiger partial charge in [-0.2, -0.15) is 4.98 Å². The minimum absolute atomic E-state index is 0.183. The normalized spacial score (nSPS) is 14.8. The molecule has 0 amide bonds. The van der Waals surface area contributed by atoms with E-state index in [1.165, 1.54) is 0 Å². The topological polar surface area (TPSA) is 94.4 Å². The highest BCUT2D eigenvalue weighted by Gasteiger charge is 2.37. The third-order valence-electron chi connectivity index (χ3n) is 5.04. The Morgan fingerprint density at radius 1 is 1.07 bits per heavy atom. The summed E-state index contributed by atoms with van der Waals surface area (Å²) in [5.74, 6) is 0.867. The molecule has 2 aromatic heterocycles. The lowest BCUT2D eigenvalue weighted by molar-refractivity contribution is 0.411. The first-order chi connectivity index (χ1) is 14.1. The van der Waals surface area contributed by atoms with Crippen LogP contribution in [0.15, 0.2) is 62.5 Å². The summed E-state index contributed by atoms with van der Waals surface area (Å²) in [6.07, 6.45) is 0. The molecular weight excluding hydrogens is 372 g/mol. The van der Waals surface area contributed by atoms with Crippen LogP contribution < -0.4 is 20.7 Å². The summed E-state index contributed by atoms with van der Waals surface area (Å²) in [6.45, 7) is 1.68. The highest BCUT2D eigenvalue weighted by atomic mass is 16.5. The van der Waals surface area contributed by atoms with Crippen LogP contribution in [0.1, 0.15) is 28.4 Å². The van der Waals surface area contributed by atoms with E-state index < -0.39 is 11.5 Å². The fraction of sp³-hybridized carbons (Fsp3) is 0.136. The molecule has 0 aliphatic carbocycles. The van der Waals surface area contributed by atoms with Gasteiger partial charge in [-0.05, 0) is 36.8 Å². The van der Waals surface area contributed by atoms with Gasteiger partial charge in [0.15, 0.2) is 5.75 Å². The van der Waals surface area contributed by atoms with E-state index in [1.807, 2.05) is 18.2 Å². The van der Waals surface area contributed by atoms with Crippen molar-refractivity contribution in [1.29, 1.82) is 0 Å². The predicted octanol–water partition coefficient (Wildman–Crippen LogP) is 3.48. The maximum Gasteiger partial charge on any atom is 0.344 e. The third kappa shape index (κ3) is 2.62. The van der Waals surface area contributed by atoms with E-state index in [4.69, 9.17) is 13.9 Å². The lowest BCUT2D eigenvalue weighted by Gasteiger charge is -2.26. The number of fused-ring (bicyclic) bond motifs is 4. The largest absolute Gasteiger partial charge is 0.497 e. The Hall–Kier alpha value is -3.87. The monoisotopic (exact) mass is 388 g/mol. The van der Waals surface area contributed by atoms with Crippen molar-refractivity contribution in [3.63, 3.8) is 0 Å². The first-order valence-electron chi connectivity index (χ1n) is 9.05. The molecule has 0 saturated carbocycles. The van der Waals surface area contributed by atoms with Crippen LogP contribution in [0.5, 0.6) is 17.4 Å². The van der Waals surface area contributed by atoms with Crippen LogP contribution in [0.2, 0.25) is 0 Å². The van der Waals surface area contributed by atoms with Crippen LogP contribution in [0.4, 0.5) is 0 Å². The molecule has 5 rings (SSSR count). The standard InChI is InChI=1S/C22H16N2O5/c1-11-23-20(25)18-16(12-6-5-7-13(10-12)27-2)17-19(29-21(18)24-11)14-8-3-4-9-15(14)28-22(17)26/h3-10,16H,1-2H3,(H,23,24,25). The summed E-state index contributed by atoms with van der Waals surface area (Å²) in [6, 6.07) is 14.3. The Morgan fingerprint density at radius 3 is 2.72 bits per heavy atom. The Kier molecular flexibility index (Phi) is 3.77. The highest BCUT2D eigenvalue weighted by Crippen LogP contribution is 2.46. The molecule has 0 fully saturated rings. The van der Waals surface area contributed by atoms with E-state index in [-0.39, 0.29) is 22.6 Å². The van der Waals surface area contributed by atoms with Crippen molar-refractivity contribution in [3.8, 4) is 17.4 Å². The van der Waals surface area contributed by atoms with Gasteiger partial charge in [0, 0.05) is 0 Å². The molecule has 1 atom stereocenters. The van der Waals surface area contributed by atoms with E-state index in [2.05, 4.69) is 9.97 Å². The first kappa shape index (κ1) is 17.2. The van der Waals surface area contributed by atoms with Gasteiger partial charge in [-0.1, -0.05) is 24.3 Å². The number of H-pyrrole nitrogens is 1. The lowest BCUT2D eigenvalue weighted by Crippen LogP contribution is -2.28. The van der Waals surface area contributed by atoms with Gasteiger partial charge in [0.2, 0.25) is 5.88 Å². The van der Waals surface area contributed by atoms with Crippen molar-refractivity contribution < 1.29 is 13.9 Å². The maximum absolute atomic E-state index is 13.0. The van der Waals surface area contributed by atoms with E-state index in [0.717, 1.165) is 0 Å². The maximum atomic E-state index is 13.0. The molecule has 1 unspecified atom stereocenters. The zero-order valence-electron chi connectivity index (χ0n) is 15.7. The second kappa shape index (κ2) is 6.34. The molecule has 0 radical (unpaired) electrons. The smallest absolute Gasteiger partial charge is 0.344 e. The van der Waals surface area contributed by atoms with Gasteiger partial charge >= 0.3 is 5.63 Å². The molecule has 0 saturated heterocycles. The number of nitrogens with one attached hydrogen (secondary N) is 1. The number of methoxy groups -OCH3 is 1. The molecule has 2 aromatic carbocycles. The number of hydrogen-bond acceptors (Lipinski definition) is 6. The number of aromatic amines is 1. The van der Waals surface area contributed by atoms with Gasteiger partial charge in [0.05, 0.1) is 29.5 Å². The molecule has 7 heteroatoms. The fourth-order valence-electron chi connectivity index (χ4n) is 3.79. The summed E-state index contributed by atoms with van der Waals surface area (Å²) in [5.41, 5.74) is 0.717. The molecule has 7 nitrogen and oxygen atoms in total. The number of hydrogen-bond donors (Lipinski definition) is 1. The Labute approximate surface area is 164 Å². The number of aryl methyl sites for hydroxylation is 1. The number of ether oxygens (including phenoxy) is 2. The van der Waals surface area contributed by atoms with Gasteiger partial charge in [0.1, 0.15) is 17.2 Å². The number of benzene rings is 2. The third-order valence-corrected chi connectivity index (χ3v) is 5.04. The van der Waals surface area contributed by atoms with Gasteiger partial charge in [-0.25, -0.2) is 4.79 Å². The Balaban J connectivity index is 1.91. The number of aromatic nitrogens is 2. The van der Waals surface area contributed by atoms with Crippen LogP contribution >= 0.6 is 0 Å². The fourth-order valence-corrected chi connectivity index (χ4v) is 3.79. The van der Waals surface area contributed by atoms with E-state index in [0.29, 0.717) is 33.9 Å². The minimum atomic E-state index is -0.707. The second-order valence-electron chi connectivity index (χ2n) is 6.81. The first-order valence-corrected chi connectivity index (χ1v) is 9.05. The van der Waals surface area contributed by atoms with Crippen LogP contribution in [0, 0.1) is 6.92 Å². The quantitative estimate of drug-likeness (QED) is 0.465. The summed E-state index contributed by atoms with van der Waals surface area (Å²) in [7, 11) is 1.56. The summed E-state index contributed by atoms with van der Waals surface area (Å²) in [5, 5.41) is 0.639. The zero-order valence-corrected chi connectivity index (χ0v) is 15.7. The summed E-state index contributed by atoms with van der Waals surface area (Å²) < 4.78 is 16.9. The van der Waals surface area contributed by atoms with Crippen LogP contribution in [0.3, 0.4) is 0 Å². The zero-order chi connectivity index (χ0) is 20.1. The molecule has 29 heavy (non-hydrogen) atoms. The van der Waals surface area contributed by atoms with Crippen LogP contribution in [-0.2, 0) is 0 Å². The average Bonchev–Trinajstić information content (AvgIpc) is 2.72. The van der Waals surface area contributed by atoms with Crippen molar-refractivity contribution in [1.82, 2.24) is 9.97 Å². The van der Waals surface area contributed by atoms with Crippen LogP contribution in [0.25, 0.3) is 11.0 Å². The Morgan fingerprint density at radius 2 is 1.90 bits per heavy atom. The van der Waals surface area contributed by atoms with E-state index in [9.17, 15) is 9.59 Å². The number of para-hydroxylation sites is 1. The summed E-state index contributed by atoms with van der Waals surface area (Å²) in [4.78, 5) is 33.0. The van der Waals surface area contributed by atoms with Crippen molar-refractivity contribution in [2.45, 2.75) is 12.8 Å². The van der Waals surface area contributed by atoms with Crippen molar-refractivity contribution in [2.75, 3.05) is 7.11 Å². The van der Waals surface area contributed by atoms with Crippen molar-refractivity contribution in [3.05, 3.63) is 91.8 Å². The highest BCUT2D eigenvalue weighted by molar-refractivity contribution is 5.86. The molecule has 0 spiro atoms. The molecule has 144 valence electrons. The molecular formula is C22H16N2O5. The van der Waals surface area contributed by atoms with Gasteiger partial charge in [0.25, 0.3) is 5.56 Å². The number of nitrogens with zero attached hydrogens (tertiary/aromatic N) is 1. The molecule has 1 aliphatic heterocycles.